The molecule has 3 unspecified atom stereocenters. The lowest BCUT2D eigenvalue weighted by Gasteiger charge is -2.29. The predicted octanol–water partition coefficient (Wildman–Crippen LogP) is 6.90. The van der Waals surface area contributed by atoms with Gasteiger partial charge in [-0.1, -0.05) is 78.4 Å². The van der Waals surface area contributed by atoms with E-state index in [1.165, 1.54) is 6.08 Å². The van der Waals surface area contributed by atoms with Gasteiger partial charge >= 0.3 is 11.9 Å². The molecule has 0 aliphatic carbocycles. The van der Waals surface area contributed by atoms with Gasteiger partial charge in [0.25, 0.3) is 0 Å². The highest BCUT2D eigenvalue weighted by molar-refractivity contribution is 6.17. The number of hydrogen-bond acceptors (Lipinski definition) is 4. The molecule has 0 bridgehead atoms. The van der Waals surface area contributed by atoms with Crippen molar-refractivity contribution in [3.05, 3.63) is 35.4 Å². The second-order valence-corrected chi connectivity index (χ2v) is 8.54. The first-order valence-corrected chi connectivity index (χ1v) is 12.2. The van der Waals surface area contributed by atoms with Crippen LogP contribution in [0.1, 0.15) is 91.0 Å². The lowest BCUT2D eigenvalue weighted by Crippen LogP contribution is -2.31. The summed E-state index contributed by atoms with van der Waals surface area (Å²) < 4.78 is 11.1. The van der Waals surface area contributed by atoms with Gasteiger partial charge in [0.15, 0.2) is 0 Å². The molecule has 3 atom stereocenters. The Morgan fingerprint density at radius 1 is 0.969 bits per heavy atom. The van der Waals surface area contributed by atoms with Crippen molar-refractivity contribution in [2.75, 3.05) is 7.11 Å². The maximum atomic E-state index is 13.0. The molecule has 32 heavy (non-hydrogen) atoms. The average Bonchev–Trinajstić information content (AvgIpc) is 2.80. The number of aliphatic carboxylic acids is 1. The Hall–Kier alpha value is -2.30. The third kappa shape index (κ3) is 9.46. The molecule has 1 aromatic rings. The van der Waals surface area contributed by atoms with Gasteiger partial charge in [0, 0.05) is 0 Å². The van der Waals surface area contributed by atoms with Crippen molar-refractivity contribution in [3.8, 4) is 5.75 Å². The molecule has 0 aliphatic rings. The van der Waals surface area contributed by atoms with Crippen LogP contribution in [0.5, 0.6) is 5.75 Å². The molecule has 1 rings (SSSR count). The molecule has 0 aromatic heterocycles. The van der Waals surface area contributed by atoms with Crippen molar-refractivity contribution in [1.29, 1.82) is 0 Å². The molecule has 5 heteroatoms. The monoisotopic (exact) mass is 446 g/mol. The Morgan fingerprint density at radius 3 is 2.09 bits per heavy atom. The maximum Gasteiger partial charge on any atom is 0.345 e. The summed E-state index contributed by atoms with van der Waals surface area (Å²) in [4.78, 5) is 24.9. The second kappa shape index (κ2) is 15.5. The highest BCUT2D eigenvalue weighted by atomic mass is 16.5. The lowest BCUT2D eigenvalue weighted by atomic mass is 9.84. The topological polar surface area (TPSA) is 72.8 Å². The van der Waals surface area contributed by atoms with Crippen LogP contribution in [-0.2, 0) is 14.3 Å². The van der Waals surface area contributed by atoms with Gasteiger partial charge in [-0.2, -0.15) is 0 Å². The SMILES string of the molecule is CCCCC(CC)CC(OC(=O)C(=Cc1ccc(OC)cc1)C(=O)O)C(CC)CCCC. The molecule has 1 aromatic carbocycles. The van der Waals surface area contributed by atoms with E-state index in [1.54, 1.807) is 31.4 Å². The molecular weight excluding hydrogens is 404 g/mol. The van der Waals surface area contributed by atoms with E-state index in [0.717, 1.165) is 57.8 Å². The third-order valence-electron chi connectivity index (χ3n) is 6.22. The number of methoxy groups -OCH3 is 1. The Labute approximate surface area is 194 Å². The molecule has 0 fully saturated rings. The fourth-order valence-corrected chi connectivity index (χ4v) is 4.04. The van der Waals surface area contributed by atoms with Crippen molar-refractivity contribution in [2.24, 2.45) is 11.8 Å². The van der Waals surface area contributed by atoms with E-state index >= 15 is 0 Å². The molecule has 0 saturated carbocycles. The number of carboxylic acid groups (broad SMARTS) is 1. The van der Waals surface area contributed by atoms with Gasteiger partial charge in [-0.3, -0.25) is 0 Å². The molecule has 0 spiro atoms. The molecule has 1 N–H and O–H groups in total. The standard InChI is InChI=1S/C27H42O5/c1-6-10-12-20(8-3)19-25(22(9-4)13-11-7-2)32-27(30)24(26(28)29)18-21-14-16-23(31-5)17-15-21/h14-18,20,22,25H,6-13,19H2,1-5H3,(H,28,29). The lowest BCUT2D eigenvalue weighted by molar-refractivity contribution is -0.151. The minimum atomic E-state index is -1.27. The number of esters is 1. The molecule has 5 nitrogen and oxygen atoms in total. The molecule has 0 amide bonds. The smallest absolute Gasteiger partial charge is 0.345 e. The van der Waals surface area contributed by atoms with Gasteiger partial charge in [-0.05, 0) is 54.9 Å². The summed E-state index contributed by atoms with van der Waals surface area (Å²) in [6, 6.07) is 6.91. The van der Waals surface area contributed by atoms with Crippen molar-refractivity contribution >= 4 is 18.0 Å². The van der Waals surface area contributed by atoms with Gasteiger partial charge in [0.05, 0.1) is 7.11 Å². The Balaban J connectivity index is 3.11. The van der Waals surface area contributed by atoms with Crippen LogP contribution in [0.25, 0.3) is 6.08 Å². The number of ether oxygens (including phenoxy) is 2. The summed E-state index contributed by atoms with van der Waals surface area (Å²) in [6.07, 6.45) is 10.4. The van der Waals surface area contributed by atoms with Crippen LogP contribution < -0.4 is 4.74 Å². The molecule has 0 radical (unpaired) electrons. The first-order chi connectivity index (χ1) is 15.4. The summed E-state index contributed by atoms with van der Waals surface area (Å²) in [7, 11) is 1.57. The van der Waals surface area contributed by atoms with E-state index in [4.69, 9.17) is 9.47 Å². The van der Waals surface area contributed by atoms with Crippen LogP contribution in [0.4, 0.5) is 0 Å². The normalized spacial score (nSPS) is 14.5. The summed E-state index contributed by atoms with van der Waals surface area (Å²) >= 11 is 0. The van der Waals surface area contributed by atoms with Crippen LogP contribution in [-0.4, -0.2) is 30.3 Å². The largest absolute Gasteiger partial charge is 0.497 e. The summed E-state index contributed by atoms with van der Waals surface area (Å²) in [5.41, 5.74) is 0.274. The zero-order chi connectivity index (χ0) is 23.9. The van der Waals surface area contributed by atoms with Crippen LogP contribution in [0.15, 0.2) is 29.8 Å². The van der Waals surface area contributed by atoms with Crippen molar-refractivity contribution in [1.82, 2.24) is 0 Å². The van der Waals surface area contributed by atoms with Gasteiger partial charge in [0.2, 0.25) is 0 Å². The summed E-state index contributed by atoms with van der Waals surface area (Å²) in [5, 5.41) is 9.71. The van der Waals surface area contributed by atoms with Crippen LogP contribution in [0.3, 0.4) is 0 Å². The van der Waals surface area contributed by atoms with E-state index in [0.29, 0.717) is 17.2 Å². The van der Waals surface area contributed by atoms with E-state index in [1.807, 2.05) is 0 Å². The van der Waals surface area contributed by atoms with Crippen molar-refractivity contribution in [3.63, 3.8) is 0 Å². The Bertz CT molecular complexity index is 707. The number of rotatable bonds is 16. The van der Waals surface area contributed by atoms with E-state index in [-0.39, 0.29) is 17.6 Å². The zero-order valence-electron chi connectivity index (χ0n) is 20.6. The fraction of sp³-hybridized carbons (Fsp3) is 0.630. The van der Waals surface area contributed by atoms with Crippen LogP contribution in [0, 0.1) is 11.8 Å². The molecule has 0 saturated heterocycles. The highest BCUT2D eigenvalue weighted by Gasteiger charge is 2.29. The van der Waals surface area contributed by atoms with Crippen molar-refractivity contribution in [2.45, 2.75) is 91.6 Å². The number of unbranched alkanes of at least 4 members (excludes halogenated alkanes) is 2. The van der Waals surface area contributed by atoms with Crippen LogP contribution in [0.2, 0.25) is 0 Å². The second-order valence-electron chi connectivity index (χ2n) is 8.54. The molecule has 0 heterocycles. The minimum absolute atomic E-state index is 0.241. The Morgan fingerprint density at radius 2 is 1.59 bits per heavy atom. The van der Waals surface area contributed by atoms with Gasteiger partial charge in [0.1, 0.15) is 17.4 Å². The number of benzene rings is 1. The third-order valence-corrected chi connectivity index (χ3v) is 6.22. The summed E-state index contributed by atoms with van der Waals surface area (Å²) in [5.74, 6) is -0.642. The zero-order valence-corrected chi connectivity index (χ0v) is 20.6. The average molecular weight is 447 g/mol. The maximum absolute atomic E-state index is 13.0. The summed E-state index contributed by atoms with van der Waals surface area (Å²) in [6.45, 7) is 8.64. The van der Waals surface area contributed by atoms with Gasteiger partial charge < -0.3 is 14.6 Å². The van der Waals surface area contributed by atoms with E-state index < -0.39 is 11.9 Å². The Kier molecular flexibility index (Phi) is 13.4. The minimum Gasteiger partial charge on any atom is -0.497 e. The first-order valence-electron chi connectivity index (χ1n) is 12.2. The highest BCUT2D eigenvalue weighted by Crippen LogP contribution is 2.29. The number of carboxylic acids is 1. The van der Waals surface area contributed by atoms with Crippen molar-refractivity contribution < 1.29 is 24.2 Å². The van der Waals surface area contributed by atoms with E-state index in [2.05, 4.69) is 27.7 Å². The first kappa shape index (κ1) is 27.7. The molecular formula is C27H42O5. The molecule has 0 aliphatic heterocycles. The predicted molar refractivity (Wildman–Crippen MR) is 130 cm³/mol. The quantitative estimate of drug-likeness (QED) is 0.129. The van der Waals surface area contributed by atoms with Gasteiger partial charge in [-0.25, -0.2) is 9.59 Å². The van der Waals surface area contributed by atoms with Gasteiger partial charge in [-0.15, -0.1) is 0 Å². The number of carbonyl (C=O) groups excluding carboxylic acids is 1. The molecule has 180 valence electrons. The number of carbonyl (C=O) groups is 2. The van der Waals surface area contributed by atoms with Crippen LogP contribution >= 0.6 is 0 Å². The number of hydrogen-bond donors (Lipinski definition) is 1. The fourth-order valence-electron chi connectivity index (χ4n) is 4.04. The van der Waals surface area contributed by atoms with E-state index in [9.17, 15) is 14.7 Å².